The van der Waals surface area contributed by atoms with E-state index >= 15 is 0 Å². The van der Waals surface area contributed by atoms with Crippen molar-refractivity contribution in [3.63, 3.8) is 0 Å². The van der Waals surface area contributed by atoms with Crippen molar-refractivity contribution in [1.82, 2.24) is 4.90 Å². The van der Waals surface area contributed by atoms with Crippen LogP contribution in [0.15, 0.2) is 40.9 Å². The van der Waals surface area contributed by atoms with Gasteiger partial charge in [0.15, 0.2) is 11.5 Å². The number of methoxy groups -OCH3 is 2. The number of ether oxygens (including phenoxy) is 2. The number of halogens is 2. The van der Waals surface area contributed by atoms with Crippen LogP contribution in [0.5, 0.6) is 11.5 Å². The molecule has 1 saturated heterocycles. The van der Waals surface area contributed by atoms with Crippen LogP contribution >= 0.6 is 27.7 Å². The van der Waals surface area contributed by atoms with Gasteiger partial charge in [0, 0.05) is 34.3 Å². The molecule has 0 spiro atoms. The number of benzene rings is 2. The summed E-state index contributed by atoms with van der Waals surface area (Å²) in [6.45, 7) is 0.226. The van der Waals surface area contributed by atoms with E-state index in [1.807, 2.05) is 12.1 Å². The predicted octanol–water partition coefficient (Wildman–Crippen LogP) is 4.77. The minimum atomic E-state index is -0.305. The van der Waals surface area contributed by atoms with Crippen LogP contribution in [-0.4, -0.2) is 30.8 Å². The van der Waals surface area contributed by atoms with Gasteiger partial charge in [-0.2, -0.15) is 0 Å². The standard InChI is InChI=1S/C19H19BrFNO3S/c1-24-16-9-13(14(20)10-17(16)25-2)19-22(18(23)7-8-26-19)11-12-5-3-4-6-15(12)21/h3-6,9-10,19H,7-8,11H2,1-2H3. The summed E-state index contributed by atoms with van der Waals surface area (Å²) in [5.74, 6) is 1.63. The fourth-order valence-electron chi connectivity index (χ4n) is 2.92. The Labute approximate surface area is 164 Å². The molecule has 0 saturated carbocycles. The number of hydrogen-bond donors (Lipinski definition) is 0. The number of thioether (sulfide) groups is 1. The molecule has 26 heavy (non-hydrogen) atoms. The highest BCUT2D eigenvalue weighted by Crippen LogP contribution is 2.45. The number of nitrogens with zero attached hydrogens (tertiary/aromatic N) is 1. The van der Waals surface area contributed by atoms with E-state index in [0.717, 1.165) is 15.8 Å². The van der Waals surface area contributed by atoms with Crippen LogP contribution in [0.25, 0.3) is 0 Å². The summed E-state index contributed by atoms with van der Waals surface area (Å²) in [6, 6.07) is 10.2. The van der Waals surface area contributed by atoms with Crippen molar-refractivity contribution < 1.29 is 18.7 Å². The molecule has 0 N–H and O–H groups in total. The average molecular weight is 440 g/mol. The molecule has 0 aromatic heterocycles. The fraction of sp³-hybridized carbons (Fsp3) is 0.316. The molecule has 3 rings (SSSR count). The smallest absolute Gasteiger partial charge is 0.224 e. The van der Waals surface area contributed by atoms with Crippen molar-refractivity contribution in [2.45, 2.75) is 18.3 Å². The zero-order chi connectivity index (χ0) is 18.7. The lowest BCUT2D eigenvalue weighted by Gasteiger charge is -2.36. The lowest BCUT2D eigenvalue weighted by Crippen LogP contribution is -2.37. The van der Waals surface area contributed by atoms with E-state index in [0.29, 0.717) is 23.5 Å². The van der Waals surface area contributed by atoms with Gasteiger partial charge >= 0.3 is 0 Å². The number of rotatable bonds is 5. The average Bonchev–Trinajstić information content (AvgIpc) is 2.65. The summed E-state index contributed by atoms with van der Waals surface area (Å²) >= 11 is 5.23. The van der Waals surface area contributed by atoms with Crippen molar-refractivity contribution in [3.8, 4) is 11.5 Å². The van der Waals surface area contributed by atoms with E-state index in [9.17, 15) is 9.18 Å². The number of carbonyl (C=O) groups excluding carboxylic acids is 1. The van der Waals surface area contributed by atoms with E-state index < -0.39 is 0 Å². The molecule has 2 aromatic carbocycles. The van der Waals surface area contributed by atoms with E-state index in [2.05, 4.69) is 15.9 Å². The first-order chi connectivity index (χ1) is 12.5. The van der Waals surface area contributed by atoms with Crippen molar-refractivity contribution in [2.24, 2.45) is 0 Å². The Bertz CT molecular complexity index is 817. The third-order valence-corrected chi connectivity index (χ3v) is 6.21. The van der Waals surface area contributed by atoms with E-state index in [1.54, 1.807) is 49.1 Å². The maximum absolute atomic E-state index is 14.1. The second-order valence-electron chi connectivity index (χ2n) is 5.81. The molecule has 1 amide bonds. The molecule has 1 unspecified atom stereocenters. The second-order valence-corrected chi connectivity index (χ2v) is 7.86. The van der Waals surface area contributed by atoms with Crippen LogP contribution in [0.3, 0.4) is 0 Å². The Morgan fingerprint density at radius 1 is 1.23 bits per heavy atom. The Kier molecular flexibility index (Phi) is 6.09. The van der Waals surface area contributed by atoms with Gasteiger partial charge < -0.3 is 14.4 Å². The minimum absolute atomic E-state index is 0.0127. The third kappa shape index (κ3) is 3.83. The van der Waals surface area contributed by atoms with E-state index in [-0.39, 0.29) is 23.6 Å². The van der Waals surface area contributed by atoms with Crippen LogP contribution in [0.2, 0.25) is 0 Å². The third-order valence-electron chi connectivity index (χ3n) is 4.26. The molecule has 2 aromatic rings. The summed E-state index contributed by atoms with van der Waals surface area (Å²) in [5.41, 5.74) is 1.40. The number of carbonyl (C=O) groups is 1. The molecule has 4 nitrogen and oxygen atoms in total. The van der Waals surface area contributed by atoms with E-state index in [1.165, 1.54) is 6.07 Å². The molecule has 1 heterocycles. The van der Waals surface area contributed by atoms with Gasteiger partial charge in [-0.15, -0.1) is 11.8 Å². The van der Waals surface area contributed by atoms with Crippen LogP contribution < -0.4 is 9.47 Å². The first-order valence-corrected chi connectivity index (χ1v) is 9.95. The lowest BCUT2D eigenvalue weighted by atomic mass is 10.1. The summed E-state index contributed by atoms with van der Waals surface area (Å²) in [7, 11) is 3.15. The van der Waals surface area contributed by atoms with Gasteiger partial charge in [-0.3, -0.25) is 4.79 Å². The zero-order valence-electron chi connectivity index (χ0n) is 14.5. The Morgan fingerprint density at radius 2 is 1.92 bits per heavy atom. The van der Waals surface area contributed by atoms with Crippen molar-refractivity contribution in [3.05, 3.63) is 57.8 Å². The topological polar surface area (TPSA) is 38.8 Å². The monoisotopic (exact) mass is 439 g/mol. The first-order valence-electron chi connectivity index (χ1n) is 8.11. The quantitative estimate of drug-likeness (QED) is 0.672. The zero-order valence-corrected chi connectivity index (χ0v) is 16.9. The SMILES string of the molecule is COc1cc(Br)c(C2SCCC(=O)N2Cc2ccccc2F)cc1OC. The van der Waals surface area contributed by atoms with Crippen LogP contribution in [-0.2, 0) is 11.3 Å². The number of amides is 1. The van der Waals surface area contributed by atoms with Gasteiger partial charge in [-0.25, -0.2) is 4.39 Å². The van der Waals surface area contributed by atoms with Gasteiger partial charge in [0.25, 0.3) is 0 Å². The van der Waals surface area contributed by atoms with Crippen molar-refractivity contribution >= 4 is 33.6 Å². The summed E-state index contributed by atoms with van der Waals surface area (Å²) in [4.78, 5) is 14.3. The minimum Gasteiger partial charge on any atom is -0.493 e. The lowest BCUT2D eigenvalue weighted by molar-refractivity contribution is -0.132. The van der Waals surface area contributed by atoms with Crippen molar-refractivity contribution in [2.75, 3.05) is 20.0 Å². The normalized spacial score (nSPS) is 17.3. The summed E-state index contributed by atoms with van der Waals surface area (Å²) in [6.07, 6.45) is 0.445. The Hall–Kier alpha value is -1.73. The molecule has 0 aliphatic carbocycles. The van der Waals surface area contributed by atoms with Crippen molar-refractivity contribution in [1.29, 1.82) is 0 Å². The molecule has 0 bridgehead atoms. The molecular weight excluding hydrogens is 421 g/mol. The molecular formula is C19H19BrFNO3S. The Morgan fingerprint density at radius 3 is 2.62 bits per heavy atom. The fourth-order valence-corrected chi connectivity index (χ4v) is 4.87. The molecule has 7 heteroatoms. The van der Waals surface area contributed by atoms with Gasteiger partial charge in [-0.1, -0.05) is 34.1 Å². The maximum Gasteiger partial charge on any atom is 0.224 e. The highest BCUT2D eigenvalue weighted by atomic mass is 79.9. The summed E-state index contributed by atoms with van der Waals surface area (Å²) < 4.78 is 25.7. The van der Waals surface area contributed by atoms with Gasteiger partial charge in [-0.05, 0) is 18.2 Å². The Balaban J connectivity index is 1.98. The van der Waals surface area contributed by atoms with Crippen LogP contribution in [0.4, 0.5) is 4.39 Å². The number of hydrogen-bond acceptors (Lipinski definition) is 4. The molecule has 1 fully saturated rings. The molecule has 1 aliphatic rings. The van der Waals surface area contributed by atoms with Crippen LogP contribution in [0.1, 0.15) is 22.9 Å². The highest BCUT2D eigenvalue weighted by molar-refractivity contribution is 9.10. The van der Waals surface area contributed by atoms with Gasteiger partial charge in [0.1, 0.15) is 11.2 Å². The molecule has 138 valence electrons. The van der Waals surface area contributed by atoms with Gasteiger partial charge in [0.05, 0.1) is 14.2 Å². The van der Waals surface area contributed by atoms with Crippen LogP contribution in [0, 0.1) is 5.82 Å². The predicted molar refractivity (Wildman–Crippen MR) is 104 cm³/mol. The molecule has 1 aliphatic heterocycles. The second kappa shape index (κ2) is 8.31. The molecule has 1 atom stereocenters. The van der Waals surface area contributed by atoms with E-state index in [4.69, 9.17) is 9.47 Å². The first kappa shape index (κ1) is 19.0. The molecule has 0 radical (unpaired) electrons. The highest BCUT2D eigenvalue weighted by Gasteiger charge is 2.32. The largest absolute Gasteiger partial charge is 0.493 e. The maximum atomic E-state index is 14.1. The van der Waals surface area contributed by atoms with Gasteiger partial charge in [0.2, 0.25) is 5.91 Å². The summed E-state index contributed by atoms with van der Waals surface area (Å²) in [5, 5.41) is -0.231.